The highest BCUT2D eigenvalue weighted by atomic mass is 32.1. The molecule has 3 aromatic heterocycles. The molecule has 0 aliphatic rings. The summed E-state index contributed by atoms with van der Waals surface area (Å²) in [4.78, 5) is 21.5. The van der Waals surface area contributed by atoms with Crippen molar-refractivity contribution >= 4 is 34.0 Å². The average Bonchev–Trinajstić information content (AvgIpc) is 3.48. The van der Waals surface area contributed by atoms with Crippen molar-refractivity contribution in [3.63, 3.8) is 0 Å². The summed E-state index contributed by atoms with van der Waals surface area (Å²) < 4.78 is 1.79. The molecular weight excluding hydrogens is 382 g/mol. The highest BCUT2D eigenvalue weighted by Gasteiger charge is 2.09. The predicted octanol–water partition coefficient (Wildman–Crippen LogP) is 4.66. The summed E-state index contributed by atoms with van der Waals surface area (Å²) in [5.74, 6) is 0.782. The molecule has 2 N–H and O–H groups in total. The molecule has 0 radical (unpaired) electrons. The van der Waals surface area contributed by atoms with Gasteiger partial charge in [-0.15, -0.1) is 11.3 Å². The van der Waals surface area contributed by atoms with Gasteiger partial charge in [-0.1, -0.05) is 18.2 Å². The first kappa shape index (κ1) is 17.4. The standard InChI is InChI=1S/C22H17N5OS/c28-21(13-15-4-7-17(8-5-15)27-11-2-10-23-27)24-16-6-9-18-19(14-16)26-22(25-18)20-3-1-12-29-20/h1-12,14H,13H2,(H,24,28)(H,25,26). The number of nitrogens with zero attached hydrogens (tertiary/aromatic N) is 3. The summed E-state index contributed by atoms with van der Waals surface area (Å²) in [6.07, 6.45) is 3.93. The number of aromatic amines is 1. The van der Waals surface area contributed by atoms with Crippen LogP contribution in [0.2, 0.25) is 0 Å². The van der Waals surface area contributed by atoms with Crippen molar-refractivity contribution in [2.45, 2.75) is 6.42 Å². The highest BCUT2D eigenvalue weighted by Crippen LogP contribution is 2.26. The Kier molecular flexibility index (Phi) is 4.42. The summed E-state index contributed by atoms with van der Waals surface area (Å²) in [6.45, 7) is 0. The van der Waals surface area contributed by atoms with Crippen LogP contribution in [-0.2, 0) is 11.2 Å². The van der Waals surface area contributed by atoms with E-state index >= 15 is 0 Å². The molecule has 0 aliphatic carbocycles. The number of aromatic nitrogens is 4. The summed E-state index contributed by atoms with van der Waals surface area (Å²) in [6, 6.07) is 19.4. The van der Waals surface area contributed by atoms with Crippen molar-refractivity contribution < 1.29 is 4.79 Å². The summed E-state index contributed by atoms with van der Waals surface area (Å²) in [5, 5.41) is 9.20. The maximum absolute atomic E-state index is 12.5. The van der Waals surface area contributed by atoms with Crippen molar-refractivity contribution in [1.29, 1.82) is 0 Å². The van der Waals surface area contributed by atoms with E-state index in [2.05, 4.69) is 20.4 Å². The molecule has 0 spiro atoms. The zero-order valence-corrected chi connectivity index (χ0v) is 16.2. The van der Waals surface area contributed by atoms with E-state index in [0.29, 0.717) is 6.42 Å². The van der Waals surface area contributed by atoms with E-state index in [4.69, 9.17) is 0 Å². The molecule has 5 rings (SSSR count). The number of carbonyl (C=O) groups is 1. The maximum atomic E-state index is 12.5. The predicted molar refractivity (Wildman–Crippen MR) is 115 cm³/mol. The number of hydrogen-bond donors (Lipinski definition) is 2. The Labute approximate surface area is 170 Å². The number of benzene rings is 2. The van der Waals surface area contributed by atoms with Crippen molar-refractivity contribution in [2.75, 3.05) is 5.32 Å². The van der Waals surface area contributed by atoms with Crippen LogP contribution >= 0.6 is 11.3 Å². The molecule has 0 unspecified atom stereocenters. The smallest absolute Gasteiger partial charge is 0.228 e. The van der Waals surface area contributed by atoms with Crippen LogP contribution in [0.4, 0.5) is 5.69 Å². The zero-order valence-electron chi connectivity index (χ0n) is 15.4. The van der Waals surface area contributed by atoms with Gasteiger partial charge >= 0.3 is 0 Å². The first-order valence-corrected chi connectivity index (χ1v) is 10.0. The van der Waals surface area contributed by atoms with E-state index < -0.39 is 0 Å². The molecule has 2 aromatic carbocycles. The monoisotopic (exact) mass is 399 g/mol. The number of amides is 1. The van der Waals surface area contributed by atoms with Gasteiger partial charge in [-0.25, -0.2) is 9.67 Å². The fourth-order valence-electron chi connectivity index (χ4n) is 3.20. The Morgan fingerprint density at radius 3 is 2.76 bits per heavy atom. The molecule has 142 valence electrons. The highest BCUT2D eigenvalue weighted by molar-refractivity contribution is 7.13. The van der Waals surface area contributed by atoms with E-state index in [1.54, 1.807) is 22.2 Å². The third-order valence-corrected chi connectivity index (χ3v) is 5.47. The fraction of sp³-hybridized carbons (Fsp3) is 0.0455. The molecule has 0 aliphatic heterocycles. The summed E-state index contributed by atoms with van der Waals surface area (Å²) >= 11 is 1.64. The van der Waals surface area contributed by atoms with Gasteiger partial charge in [-0.2, -0.15) is 5.10 Å². The second-order valence-electron chi connectivity index (χ2n) is 6.64. The lowest BCUT2D eigenvalue weighted by Gasteiger charge is -2.07. The number of H-pyrrole nitrogens is 1. The van der Waals surface area contributed by atoms with Crippen LogP contribution in [0.25, 0.3) is 27.4 Å². The van der Waals surface area contributed by atoms with Crippen LogP contribution in [-0.4, -0.2) is 25.7 Å². The number of carbonyl (C=O) groups excluding carboxylic acids is 1. The third kappa shape index (κ3) is 3.68. The van der Waals surface area contributed by atoms with Gasteiger partial charge in [0.15, 0.2) is 0 Å². The number of fused-ring (bicyclic) bond motifs is 1. The second kappa shape index (κ2) is 7.37. The van der Waals surface area contributed by atoms with Gasteiger partial charge in [0, 0.05) is 18.1 Å². The number of imidazole rings is 1. The average molecular weight is 399 g/mol. The minimum Gasteiger partial charge on any atom is -0.337 e. The lowest BCUT2D eigenvalue weighted by molar-refractivity contribution is -0.115. The van der Waals surface area contributed by atoms with Gasteiger partial charge in [0.2, 0.25) is 5.91 Å². The lowest BCUT2D eigenvalue weighted by Crippen LogP contribution is -2.14. The van der Waals surface area contributed by atoms with Crippen molar-refractivity contribution in [1.82, 2.24) is 19.7 Å². The lowest BCUT2D eigenvalue weighted by atomic mass is 10.1. The van der Waals surface area contributed by atoms with Crippen LogP contribution in [0.5, 0.6) is 0 Å². The maximum Gasteiger partial charge on any atom is 0.228 e. The van der Waals surface area contributed by atoms with Crippen molar-refractivity contribution in [3.8, 4) is 16.4 Å². The molecule has 0 atom stereocenters. The minimum absolute atomic E-state index is 0.0609. The molecular formula is C22H17N5OS. The van der Waals surface area contributed by atoms with Crippen LogP contribution in [0.3, 0.4) is 0 Å². The van der Waals surface area contributed by atoms with Gasteiger partial charge < -0.3 is 10.3 Å². The van der Waals surface area contributed by atoms with Crippen molar-refractivity contribution in [2.24, 2.45) is 0 Å². The first-order valence-electron chi connectivity index (χ1n) is 9.17. The third-order valence-electron chi connectivity index (χ3n) is 4.59. The minimum atomic E-state index is -0.0609. The number of rotatable bonds is 5. The fourth-order valence-corrected chi connectivity index (χ4v) is 3.87. The van der Waals surface area contributed by atoms with Crippen molar-refractivity contribution in [3.05, 3.63) is 84.0 Å². The summed E-state index contributed by atoms with van der Waals surface area (Å²) in [5.41, 5.74) is 4.43. The normalized spacial score (nSPS) is 11.0. The number of hydrogen-bond acceptors (Lipinski definition) is 4. The van der Waals surface area contributed by atoms with Gasteiger partial charge in [-0.05, 0) is 53.4 Å². The van der Waals surface area contributed by atoms with Crippen LogP contribution < -0.4 is 5.32 Å². The molecule has 1 amide bonds. The quantitative estimate of drug-likeness (QED) is 0.451. The van der Waals surface area contributed by atoms with E-state index in [1.807, 2.05) is 72.2 Å². The summed E-state index contributed by atoms with van der Waals surface area (Å²) in [7, 11) is 0. The van der Waals surface area contributed by atoms with Gasteiger partial charge in [0.1, 0.15) is 5.82 Å². The van der Waals surface area contributed by atoms with E-state index in [0.717, 1.165) is 38.7 Å². The molecule has 29 heavy (non-hydrogen) atoms. The Bertz CT molecular complexity index is 1250. The van der Waals surface area contributed by atoms with Gasteiger partial charge in [0.05, 0.1) is 28.0 Å². The van der Waals surface area contributed by atoms with Crippen LogP contribution in [0, 0.1) is 0 Å². The number of anilines is 1. The Morgan fingerprint density at radius 2 is 2.00 bits per heavy atom. The van der Waals surface area contributed by atoms with Crippen LogP contribution in [0.15, 0.2) is 78.4 Å². The van der Waals surface area contributed by atoms with E-state index in [1.165, 1.54) is 0 Å². The second-order valence-corrected chi connectivity index (χ2v) is 7.58. The molecule has 7 heteroatoms. The Hall–Kier alpha value is -3.71. The Morgan fingerprint density at radius 1 is 1.10 bits per heavy atom. The van der Waals surface area contributed by atoms with Gasteiger partial charge in [-0.3, -0.25) is 4.79 Å². The molecule has 0 fully saturated rings. The largest absolute Gasteiger partial charge is 0.337 e. The SMILES string of the molecule is O=C(Cc1ccc(-n2cccn2)cc1)Nc1ccc2nc(-c3cccs3)[nH]c2c1. The molecule has 6 nitrogen and oxygen atoms in total. The Balaban J connectivity index is 1.28. The zero-order chi connectivity index (χ0) is 19.6. The van der Waals surface area contributed by atoms with Gasteiger partial charge in [0.25, 0.3) is 0 Å². The molecule has 0 saturated heterocycles. The molecule has 0 saturated carbocycles. The van der Waals surface area contributed by atoms with E-state index in [9.17, 15) is 4.79 Å². The number of nitrogens with one attached hydrogen (secondary N) is 2. The first-order chi connectivity index (χ1) is 14.2. The molecule has 3 heterocycles. The van der Waals surface area contributed by atoms with Crippen LogP contribution in [0.1, 0.15) is 5.56 Å². The molecule has 5 aromatic rings. The van der Waals surface area contributed by atoms with E-state index in [-0.39, 0.29) is 5.91 Å². The topological polar surface area (TPSA) is 75.6 Å². The molecule has 0 bridgehead atoms. The number of thiophene rings is 1.